The van der Waals surface area contributed by atoms with E-state index in [2.05, 4.69) is 48.5 Å². The van der Waals surface area contributed by atoms with Crippen molar-refractivity contribution in [1.82, 2.24) is 0 Å². The smallest absolute Gasteiger partial charge is 0.200 e. The van der Waals surface area contributed by atoms with E-state index in [9.17, 15) is 4.79 Å². The minimum atomic E-state index is -1.79. The number of rotatable bonds is 12. The van der Waals surface area contributed by atoms with Crippen LogP contribution in [0.4, 0.5) is 0 Å². The Morgan fingerprint density at radius 2 is 1.62 bits per heavy atom. The zero-order valence-electron chi connectivity index (χ0n) is 22.3. The Hall–Kier alpha value is -0.233. The summed E-state index contributed by atoms with van der Waals surface area (Å²) in [5.74, 6) is 0.300. The molecular formula is C27H52O4Si. The van der Waals surface area contributed by atoms with Gasteiger partial charge in [0.2, 0.25) is 0 Å². The van der Waals surface area contributed by atoms with E-state index in [-0.39, 0.29) is 18.1 Å². The van der Waals surface area contributed by atoms with Gasteiger partial charge in [-0.25, -0.2) is 0 Å². The molecule has 5 atom stereocenters. The average molecular weight is 469 g/mol. The highest BCUT2D eigenvalue weighted by Gasteiger charge is 2.46. The summed E-state index contributed by atoms with van der Waals surface area (Å²) in [7, 11) is -1.79. The maximum Gasteiger partial charge on any atom is 0.200 e. The summed E-state index contributed by atoms with van der Waals surface area (Å²) in [6.45, 7) is 19.3. The van der Waals surface area contributed by atoms with E-state index < -0.39 is 14.1 Å². The van der Waals surface area contributed by atoms with Crippen molar-refractivity contribution in [3.05, 3.63) is 0 Å². The summed E-state index contributed by atoms with van der Waals surface area (Å²) < 4.78 is 20.1. The lowest BCUT2D eigenvalue weighted by Crippen LogP contribution is -2.50. The Balaban J connectivity index is 1.90. The minimum absolute atomic E-state index is 0.120. The van der Waals surface area contributed by atoms with Gasteiger partial charge >= 0.3 is 0 Å². The van der Waals surface area contributed by atoms with E-state index in [4.69, 9.17) is 13.9 Å². The van der Waals surface area contributed by atoms with Crippen molar-refractivity contribution in [2.24, 2.45) is 11.8 Å². The van der Waals surface area contributed by atoms with Crippen LogP contribution in [-0.2, 0) is 18.7 Å². The van der Waals surface area contributed by atoms with Crippen LogP contribution < -0.4 is 0 Å². The third kappa shape index (κ3) is 6.90. The highest BCUT2D eigenvalue weighted by molar-refractivity contribution is 6.77. The summed E-state index contributed by atoms with van der Waals surface area (Å²) in [6.07, 6.45) is 11.0. The Bertz CT molecular complexity index is 542. The van der Waals surface area contributed by atoms with Crippen LogP contribution in [0.15, 0.2) is 0 Å². The molecule has 0 N–H and O–H groups in total. The van der Waals surface area contributed by atoms with Crippen molar-refractivity contribution in [3.63, 3.8) is 0 Å². The summed E-state index contributed by atoms with van der Waals surface area (Å²) >= 11 is 0. The molecule has 4 nitrogen and oxygen atoms in total. The number of carbonyl (C=O) groups is 1. The first-order chi connectivity index (χ1) is 15.1. The Labute approximate surface area is 199 Å². The van der Waals surface area contributed by atoms with E-state index in [1.807, 2.05) is 6.92 Å². The van der Waals surface area contributed by atoms with Gasteiger partial charge in [-0.05, 0) is 67.5 Å². The molecule has 0 unspecified atom stereocenters. The van der Waals surface area contributed by atoms with Gasteiger partial charge in [-0.3, -0.25) is 0 Å². The minimum Gasteiger partial charge on any atom is -0.416 e. The highest BCUT2D eigenvalue weighted by Crippen LogP contribution is 2.44. The van der Waals surface area contributed by atoms with Crippen molar-refractivity contribution >= 4 is 14.6 Å². The molecule has 2 aliphatic rings. The predicted molar refractivity (Wildman–Crippen MR) is 135 cm³/mol. The molecule has 0 aromatic carbocycles. The van der Waals surface area contributed by atoms with Crippen molar-refractivity contribution in [2.45, 2.75) is 148 Å². The number of carbonyl (C=O) groups excluding carboxylic acids is 1. The van der Waals surface area contributed by atoms with Gasteiger partial charge in [-0.2, -0.15) is 0 Å². The molecule has 0 aromatic rings. The van der Waals surface area contributed by atoms with Gasteiger partial charge in [-0.15, -0.1) is 0 Å². The van der Waals surface area contributed by atoms with Gasteiger partial charge in [0, 0.05) is 25.4 Å². The van der Waals surface area contributed by atoms with Crippen LogP contribution in [0.25, 0.3) is 0 Å². The molecule has 0 saturated carbocycles. The lowest BCUT2D eigenvalue weighted by Gasteiger charge is -2.48. The first kappa shape index (κ1) is 28.0. The molecule has 2 rings (SSSR count). The Kier molecular flexibility index (Phi) is 10.9. The fraction of sp³-hybridized carbons (Fsp3) is 0.963. The van der Waals surface area contributed by atoms with Gasteiger partial charge in [0.1, 0.15) is 6.29 Å². The normalized spacial score (nSPS) is 30.4. The molecule has 2 fully saturated rings. The second-order valence-electron chi connectivity index (χ2n) is 11.7. The van der Waals surface area contributed by atoms with Gasteiger partial charge < -0.3 is 18.7 Å². The molecule has 0 aliphatic carbocycles. The lowest BCUT2D eigenvalue weighted by atomic mass is 9.85. The molecule has 2 aliphatic heterocycles. The highest BCUT2D eigenvalue weighted by atomic mass is 28.4. The average Bonchev–Trinajstić information content (AvgIpc) is 2.74. The van der Waals surface area contributed by atoms with Crippen molar-refractivity contribution in [1.29, 1.82) is 0 Å². The van der Waals surface area contributed by atoms with Crippen LogP contribution in [-0.4, -0.2) is 39.2 Å². The monoisotopic (exact) mass is 468 g/mol. The molecule has 0 amide bonds. The van der Waals surface area contributed by atoms with Crippen LogP contribution in [0.5, 0.6) is 0 Å². The largest absolute Gasteiger partial charge is 0.416 e. The summed E-state index contributed by atoms with van der Waals surface area (Å²) in [5.41, 5.74) is 1.89. The number of hydrogen-bond donors (Lipinski definition) is 0. The van der Waals surface area contributed by atoms with Crippen molar-refractivity contribution in [3.8, 4) is 0 Å². The first-order valence-corrected chi connectivity index (χ1v) is 15.6. The molecule has 5 heteroatoms. The maximum absolute atomic E-state index is 11.0. The van der Waals surface area contributed by atoms with E-state index >= 15 is 0 Å². The lowest BCUT2D eigenvalue weighted by molar-refractivity contribution is -0.324. The zero-order chi connectivity index (χ0) is 23.9. The SMILES string of the molecule is CC(C)[Si](OCCC[C@H]1O[C@@]2(CCC[C@@H](CC[C@@H](C)C=O)O2)CC[C@@H]1C)(C(C)C)C(C)C. The maximum atomic E-state index is 11.0. The summed E-state index contributed by atoms with van der Waals surface area (Å²) in [6, 6.07) is 0. The third-order valence-electron chi connectivity index (χ3n) is 8.32. The first-order valence-electron chi connectivity index (χ1n) is 13.5. The number of hydrogen-bond acceptors (Lipinski definition) is 4. The topological polar surface area (TPSA) is 44.8 Å². The molecule has 0 bridgehead atoms. The van der Waals surface area contributed by atoms with E-state index in [1.165, 1.54) is 6.42 Å². The Morgan fingerprint density at radius 1 is 0.969 bits per heavy atom. The summed E-state index contributed by atoms with van der Waals surface area (Å²) in [5, 5.41) is 0. The number of ether oxygens (including phenoxy) is 2. The standard InChI is InChI=1S/C27H52O4Si/c1-20(2)32(21(3)4,22(5)6)29-18-10-12-26-24(8)15-17-27(31-26)16-9-11-25(30-27)14-13-23(7)19-28/h19-26H,9-18H2,1-8H3/t23-,24+,25+,26-,27+/m1/s1. The van der Waals surface area contributed by atoms with Crippen molar-refractivity contribution in [2.75, 3.05) is 6.61 Å². The second kappa shape index (κ2) is 12.5. The van der Waals surface area contributed by atoms with Crippen LogP contribution >= 0.6 is 0 Å². The quantitative estimate of drug-likeness (QED) is 0.167. The molecule has 2 heterocycles. The molecule has 1 spiro atoms. The fourth-order valence-electron chi connectivity index (χ4n) is 6.47. The van der Waals surface area contributed by atoms with E-state index in [0.29, 0.717) is 22.5 Å². The van der Waals surface area contributed by atoms with Gasteiger partial charge in [0.25, 0.3) is 0 Å². The molecule has 188 valence electrons. The van der Waals surface area contributed by atoms with Crippen molar-refractivity contribution < 1.29 is 18.7 Å². The molecular weight excluding hydrogens is 416 g/mol. The predicted octanol–water partition coefficient (Wildman–Crippen LogP) is 7.65. The van der Waals surface area contributed by atoms with E-state index in [1.54, 1.807) is 0 Å². The van der Waals surface area contributed by atoms with Crippen LogP contribution in [0.1, 0.15) is 113 Å². The van der Waals surface area contributed by atoms with Crippen LogP contribution in [0, 0.1) is 11.8 Å². The third-order valence-corrected chi connectivity index (χ3v) is 14.4. The van der Waals surface area contributed by atoms with E-state index in [0.717, 1.165) is 64.3 Å². The fourth-order valence-corrected chi connectivity index (χ4v) is 12.0. The van der Waals surface area contributed by atoms with Gasteiger partial charge in [0.05, 0.1) is 12.2 Å². The van der Waals surface area contributed by atoms with Gasteiger partial charge in [-0.1, -0.05) is 55.4 Å². The van der Waals surface area contributed by atoms with Crippen LogP contribution in [0.2, 0.25) is 16.6 Å². The Morgan fingerprint density at radius 3 is 2.22 bits per heavy atom. The van der Waals surface area contributed by atoms with Gasteiger partial charge in [0.15, 0.2) is 14.1 Å². The molecule has 0 radical (unpaired) electrons. The number of aldehydes is 1. The molecule has 2 saturated heterocycles. The summed E-state index contributed by atoms with van der Waals surface area (Å²) in [4.78, 5) is 11.0. The van der Waals surface area contributed by atoms with Crippen LogP contribution in [0.3, 0.4) is 0 Å². The zero-order valence-corrected chi connectivity index (χ0v) is 23.3. The molecule has 32 heavy (non-hydrogen) atoms. The molecule has 0 aromatic heterocycles. The second-order valence-corrected chi connectivity index (χ2v) is 17.2.